The maximum absolute atomic E-state index is 8.72. The Kier molecular flexibility index (Phi) is 2.01. The molecule has 0 saturated carbocycles. The summed E-state index contributed by atoms with van der Waals surface area (Å²) in [5, 5.41) is 9.78. The maximum atomic E-state index is 8.72. The van der Waals surface area contributed by atoms with Crippen LogP contribution < -0.4 is 0 Å². The molecule has 1 heterocycles. The summed E-state index contributed by atoms with van der Waals surface area (Å²) in [4.78, 5) is 0. The van der Waals surface area contributed by atoms with Crippen LogP contribution in [0.25, 0.3) is 11.0 Å². The molecule has 0 bridgehead atoms. The number of nitrogens with zero attached hydrogens (tertiary/aromatic N) is 1. The van der Waals surface area contributed by atoms with Crippen molar-refractivity contribution in [3.63, 3.8) is 0 Å². The van der Waals surface area contributed by atoms with Gasteiger partial charge in [0.1, 0.15) is 11.3 Å². The number of hydrogen-bond acceptors (Lipinski definition) is 2. The number of rotatable bonds is 1. The Labute approximate surface area is 82.8 Å². The highest BCUT2D eigenvalue weighted by Crippen LogP contribution is 2.25. The predicted octanol–water partition coefficient (Wildman–Crippen LogP) is 3.43. The molecule has 0 N–H and O–H groups in total. The fourth-order valence-electron chi connectivity index (χ4n) is 1.41. The lowest BCUT2D eigenvalue weighted by Crippen LogP contribution is -1.79. The van der Waals surface area contributed by atoms with Gasteiger partial charge in [0.15, 0.2) is 0 Å². The highest BCUT2D eigenvalue weighted by molar-refractivity contribution is 5.79. The molecular formula is C12H11NO. The Morgan fingerprint density at radius 2 is 2.07 bits per heavy atom. The summed E-state index contributed by atoms with van der Waals surface area (Å²) in [6.45, 7) is 4.17. The second-order valence-electron chi connectivity index (χ2n) is 3.67. The molecule has 0 aliphatic rings. The van der Waals surface area contributed by atoms with Crippen molar-refractivity contribution in [2.75, 3.05) is 0 Å². The molecule has 2 heteroatoms. The molecule has 0 amide bonds. The van der Waals surface area contributed by atoms with Gasteiger partial charge in [0, 0.05) is 11.3 Å². The molecule has 1 aromatic heterocycles. The lowest BCUT2D eigenvalue weighted by atomic mass is 10.1. The molecule has 70 valence electrons. The summed E-state index contributed by atoms with van der Waals surface area (Å²) in [5.41, 5.74) is 1.44. The van der Waals surface area contributed by atoms with E-state index in [9.17, 15) is 0 Å². The second-order valence-corrected chi connectivity index (χ2v) is 3.67. The van der Waals surface area contributed by atoms with E-state index in [0.29, 0.717) is 11.5 Å². The Hall–Kier alpha value is -1.75. The van der Waals surface area contributed by atoms with E-state index in [1.54, 1.807) is 6.07 Å². The van der Waals surface area contributed by atoms with Crippen molar-refractivity contribution in [3.05, 3.63) is 35.6 Å². The van der Waals surface area contributed by atoms with Crippen molar-refractivity contribution in [1.29, 1.82) is 5.26 Å². The fourth-order valence-corrected chi connectivity index (χ4v) is 1.41. The lowest BCUT2D eigenvalue weighted by Gasteiger charge is -1.95. The highest BCUT2D eigenvalue weighted by Gasteiger charge is 2.07. The molecule has 0 atom stereocenters. The van der Waals surface area contributed by atoms with Gasteiger partial charge in [-0.25, -0.2) is 0 Å². The van der Waals surface area contributed by atoms with E-state index in [1.807, 2.05) is 18.2 Å². The normalized spacial score (nSPS) is 10.7. The van der Waals surface area contributed by atoms with Crippen LogP contribution >= 0.6 is 0 Å². The first-order valence-electron chi connectivity index (χ1n) is 4.64. The van der Waals surface area contributed by atoms with Gasteiger partial charge in [0.05, 0.1) is 11.6 Å². The van der Waals surface area contributed by atoms with Crippen LogP contribution in [0.4, 0.5) is 0 Å². The molecule has 2 aromatic rings. The van der Waals surface area contributed by atoms with E-state index < -0.39 is 0 Å². The first kappa shape index (κ1) is 8.83. The fraction of sp³-hybridized carbons (Fsp3) is 0.250. The number of hydrogen-bond donors (Lipinski definition) is 0. The summed E-state index contributed by atoms with van der Waals surface area (Å²) in [6.07, 6.45) is 0. The van der Waals surface area contributed by atoms with Crippen LogP contribution in [0.2, 0.25) is 0 Å². The van der Waals surface area contributed by atoms with Crippen molar-refractivity contribution < 1.29 is 4.42 Å². The van der Waals surface area contributed by atoms with E-state index in [-0.39, 0.29) is 0 Å². The van der Waals surface area contributed by atoms with Crippen LogP contribution in [0.15, 0.2) is 28.7 Å². The van der Waals surface area contributed by atoms with Gasteiger partial charge in [-0.3, -0.25) is 0 Å². The van der Waals surface area contributed by atoms with Crippen LogP contribution in [-0.2, 0) is 0 Å². The summed E-state index contributed by atoms with van der Waals surface area (Å²) in [5.74, 6) is 1.35. The largest absolute Gasteiger partial charge is 0.461 e. The molecule has 0 aliphatic carbocycles. The maximum Gasteiger partial charge on any atom is 0.135 e. The molecule has 0 saturated heterocycles. The number of benzene rings is 1. The minimum atomic E-state index is 0.382. The smallest absolute Gasteiger partial charge is 0.135 e. The zero-order valence-electron chi connectivity index (χ0n) is 8.24. The number of fused-ring (bicyclic) bond motifs is 1. The topological polar surface area (TPSA) is 36.9 Å². The molecule has 1 aromatic carbocycles. The molecule has 0 unspecified atom stereocenters. The van der Waals surface area contributed by atoms with E-state index in [4.69, 9.17) is 9.68 Å². The Bertz CT molecular complexity index is 503. The third kappa shape index (κ3) is 1.38. The SMILES string of the molecule is CC(C)c1cc2ccc(C#N)cc2o1. The standard InChI is InChI=1S/C12H11NO/c1-8(2)11-6-10-4-3-9(7-13)5-12(10)14-11/h3-6,8H,1-2H3. The van der Waals surface area contributed by atoms with Crippen LogP contribution in [0.5, 0.6) is 0 Å². The van der Waals surface area contributed by atoms with Crippen molar-refractivity contribution in [1.82, 2.24) is 0 Å². The van der Waals surface area contributed by atoms with Crippen molar-refractivity contribution in [2.24, 2.45) is 0 Å². The van der Waals surface area contributed by atoms with Crippen molar-refractivity contribution in [3.8, 4) is 6.07 Å². The average Bonchev–Trinajstić information content (AvgIpc) is 2.59. The molecule has 0 fully saturated rings. The lowest BCUT2D eigenvalue weighted by molar-refractivity contribution is 0.521. The Balaban J connectivity index is 2.61. The summed E-state index contributed by atoms with van der Waals surface area (Å²) in [7, 11) is 0. The van der Waals surface area contributed by atoms with Gasteiger partial charge in [-0.1, -0.05) is 13.8 Å². The zero-order chi connectivity index (χ0) is 10.1. The highest BCUT2D eigenvalue weighted by atomic mass is 16.3. The molecule has 14 heavy (non-hydrogen) atoms. The van der Waals surface area contributed by atoms with Crippen LogP contribution in [0.1, 0.15) is 31.1 Å². The molecule has 0 aliphatic heterocycles. The third-order valence-corrected chi connectivity index (χ3v) is 2.24. The van der Waals surface area contributed by atoms with E-state index >= 15 is 0 Å². The quantitative estimate of drug-likeness (QED) is 0.682. The molecule has 0 radical (unpaired) electrons. The average molecular weight is 185 g/mol. The van der Waals surface area contributed by atoms with E-state index in [2.05, 4.69) is 19.9 Å². The van der Waals surface area contributed by atoms with Gasteiger partial charge >= 0.3 is 0 Å². The molecule has 2 nitrogen and oxygen atoms in total. The van der Waals surface area contributed by atoms with Crippen LogP contribution in [0, 0.1) is 11.3 Å². The van der Waals surface area contributed by atoms with Gasteiger partial charge in [-0.2, -0.15) is 5.26 Å². The van der Waals surface area contributed by atoms with E-state index in [1.165, 1.54) is 0 Å². The zero-order valence-corrected chi connectivity index (χ0v) is 8.24. The van der Waals surface area contributed by atoms with Gasteiger partial charge in [-0.15, -0.1) is 0 Å². The minimum absolute atomic E-state index is 0.382. The van der Waals surface area contributed by atoms with Crippen molar-refractivity contribution >= 4 is 11.0 Å². The summed E-state index contributed by atoms with van der Waals surface area (Å²) >= 11 is 0. The van der Waals surface area contributed by atoms with Crippen molar-refractivity contribution in [2.45, 2.75) is 19.8 Å². The third-order valence-electron chi connectivity index (χ3n) is 2.24. The van der Waals surface area contributed by atoms with Gasteiger partial charge in [-0.05, 0) is 24.3 Å². The molecule has 2 rings (SSSR count). The minimum Gasteiger partial charge on any atom is -0.461 e. The second kappa shape index (κ2) is 3.19. The van der Waals surface area contributed by atoms with E-state index in [0.717, 1.165) is 16.7 Å². The Morgan fingerprint density at radius 3 is 2.71 bits per heavy atom. The first-order chi connectivity index (χ1) is 6.70. The van der Waals surface area contributed by atoms with Gasteiger partial charge < -0.3 is 4.42 Å². The van der Waals surface area contributed by atoms with Gasteiger partial charge in [0.2, 0.25) is 0 Å². The molecular weight excluding hydrogens is 174 g/mol. The van der Waals surface area contributed by atoms with Crippen LogP contribution in [-0.4, -0.2) is 0 Å². The molecule has 0 spiro atoms. The monoisotopic (exact) mass is 185 g/mol. The summed E-state index contributed by atoms with van der Waals surface area (Å²) in [6, 6.07) is 9.63. The summed E-state index contributed by atoms with van der Waals surface area (Å²) < 4.78 is 5.62. The number of furan rings is 1. The van der Waals surface area contributed by atoms with Crippen LogP contribution in [0.3, 0.4) is 0 Å². The predicted molar refractivity (Wildman–Crippen MR) is 55.0 cm³/mol. The van der Waals surface area contributed by atoms with Gasteiger partial charge in [0.25, 0.3) is 0 Å². The Morgan fingerprint density at radius 1 is 1.29 bits per heavy atom. The first-order valence-corrected chi connectivity index (χ1v) is 4.64. The number of nitriles is 1.